The zero-order chi connectivity index (χ0) is 14.1. The molecule has 0 amide bonds. The van der Waals surface area contributed by atoms with Crippen LogP contribution in [0.25, 0.3) is 5.69 Å². The van der Waals surface area contributed by atoms with Gasteiger partial charge in [-0.05, 0) is 19.1 Å². The lowest BCUT2D eigenvalue weighted by Gasteiger charge is -2.09. The molecule has 2 N–H and O–H groups in total. The standard InChI is InChI=1S/C13H13N5O2/c1-8-2-4-9(5-3-8)18-14-12-10(16-19)6-7-11(17-20)13(12)15-18/h2-5,19-20H,6-7H2,1H3/b16-10+,17-11+. The van der Waals surface area contributed by atoms with Crippen molar-refractivity contribution in [1.82, 2.24) is 15.0 Å². The molecule has 0 spiro atoms. The zero-order valence-electron chi connectivity index (χ0n) is 10.9. The highest BCUT2D eigenvalue weighted by molar-refractivity contribution is 6.15. The van der Waals surface area contributed by atoms with Gasteiger partial charge in [-0.3, -0.25) is 0 Å². The first kappa shape index (κ1) is 12.3. The van der Waals surface area contributed by atoms with Crippen molar-refractivity contribution in [2.24, 2.45) is 10.3 Å². The molecule has 102 valence electrons. The van der Waals surface area contributed by atoms with Crippen LogP contribution in [-0.2, 0) is 0 Å². The highest BCUT2D eigenvalue weighted by atomic mass is 16.4. The number of aromatic nitrogens is 3. The third kappa shape index (κ3) is 1.93. The summed E-state index contributed by atoms with van der Waals surface area (Å²) in [4.78, 5) is 1.45. The van der Waals surface area contributed by atoms with Crippen LogP contribution in [0.1, 0.15) is 29.8 Å². The number of aryl methyl sites for hydroxylation is 1. The van der Waals surface area contributed by atoms with Crippen LogP contribution >= 0.6 is 0 Å². The summed E-state index contributed by atoms with van der Waals surface area (Å²) < 4.78 is 0. The molecular weight excluding hydrogens is 258 g/mol. The molecule has 0 atom stereocenters. The summed E-state index contributed by atoms with van der Waals surface area (Å²) >= 11 is 0. The molecule has 1 heterocycles. The third-order valence-corrected chi connectivity index (χ3v) is 3.27. The molecule has 0 saturated heterocycles. The van der Waals surface area contributed by atoms with Gasteiger partial charge >= 0.3 is 0 Å². The van der Waals surface area contributed by atoms with Crippen LogP contribution in [0, 0.1) is 6.92 Å². The van der Waals surface area contributed by atoms with Crippen LogP contribution in [0.4, 0.5) is 0 Å². The maximum absolute atomic E-state index is 9.02. The summed E-state index contributed by atoms with van der Waals surface area (Å²) in [5, 5.41) is 33.2. The molecule has 0 fully saturated rings. The van der Waals surface area contributed by atoms with E-state index in [0.717, 1.165) is 11.3 Å². The summed E-state index contributed by atoms with van der Waals surface area (Å²) in [6.45, 7) is 2.00. The van der Waals surface area contributed by atoms with Crippen LogP contribution < -0.4 is 0 Å². The second-order valence-electron chi connectivity index (χ2n) is 4.62. The average Bonchev–Trinajstić information content (AvgIpc) is 2.92. The van der Waals surface area contributed by atoms with Gasteiger partial charge in [-0.15, -0.1) is 10.2 Å². The largest absolute Gasteiger partial charge is 0.411 e. The van der Waals surface area contributed by atoms with E-state index in [4.69, 9.17) is 10.4 Å². The summed E-state index contributed by atoms with van der Waals surface area (Å²) in [5.74, 6) is 0. The molecule has 20 heavy (non-hydrogen) atoms. The summed E-state index contributed by atoms with van der Waals surface area (Å²) in [6, 6.07) is 7.71. The summed E-state index contributed by atoms with van der Waals surface area (Å²) in [6.07, 6.45) is 0.935. The molecule has 0 aliphatic heterocycles. The van der Waals surface area contributed by atoms with Crippen molar-refractivity contribution < 1.29 is 10.4 Å². The smallest absolute Gasteiger partial charge is 0.140 e. The SMILES string of the molecule is Cc1ccc(-n2nc3c(n2)/C(=N/O)CC/C3=N\O)cc1. The van der Waals surface area contributed by atoms with E-state index in [9.17, 15) is 0 Å². The minimum Gasteiger partial charge on any atom is -0.411 e. The third-order valence-electron chi connectivity index (χ3n) is 3.27. The van der Waals surface area contributed by atoms with Crippen molar-refractivity contribution in [3.63, 3.8) is 0 Å². The van der Waals surface area contributed by atoms with E-state index in [2.05, 4.69) is 20.5 Å². The topological polar surface area (TPSA) is 95.9 Å². The van der Waals surface area contributed by atoms with E-state index in [1.165, 1.54) is 4.80 Å². The fourth-order valence-corrected chi connectivity index (χ4v) is 2.16. The van der Waals surface area contributed by atoms with Crippen LogP contribution in [-0.4, -0.2) is 36.8 Å². The molecule has 1 aliphatic rings. The quantitative estimate of drug-likeness (QED) is 0.609. The van der Waals surface area contributed by atoms with Gasteiger partial charge in [0.1, 0.15) is 22.8 Å². The number of hydrogen-bond acceptors (Lipinski definition) is 6. The lowest BCUT2D eigenvalue weighted by Crippen LogP contribution is -2.18. The minimum atomic E-state index is 0.450. The molecule has 0 saturated carbocycles. The van der Waals surface area contributed by atoms with Gasteiger partial charge in [-0.1, -0.05) is 28.0 Å². The molecule has 0 bridgehead atoms. The first-order valence-corrected chi connectivity index (χ1v) is 6.20. The normalized spacial score (nSPS) is 18.4. The number of hydrogen-bond donors (Lipinski definition) is 2. The fourth-order valence-electron chi connectivity index (χ4n) is 2.16. The van der Waals surface area contributed by atoms with Gasteiger partial charge in [-0.25, -0.2) is 0 Å². The van der Waals surface area contributed by atoms with Crippen LogP contribution in [0.5, 0.6) is 0 Å². The van der Waals surface area contributed by atoms with Crippen molar-refractivity contribution in [3.8, 4) is 5.69 Å². The monoisotopic (exact) mass is 271 g/mol. The zero-order valence-corrected chi connectivity index (χ0v) is 10.9. The Labute approximate surface area is 114 Å². The Bertz CT molecular complexity index is 663. The lowest BCUT2D eigenvalue weighted by molar-refractivity contribution is 0.315. The van der Waals surface area contributed by atoms with Gasteiger partial charge < -0.3 is 10.4 Å². The first-order valence-electron chi connectivity index (χ1n) is 6.20. The van der Waals surface area contributed by atoms with Gasteiger partial charge in [0.15, 0.2) is 0 Å². The number of rotatable bonds is 1. The van der Waals surface area contributed by atoms with E-state index in [0.29, 0.717) is 35.7 Å². The summed E-state index contributed by atoms with van der Waals surface area (Å²) in [5.41, 5.74) is 3.73. The van der Waals surface area contributed by atoms with E-state index in [1.54, 1.807) is 0 Å². The average molecular weight is 271 g/mol. The minimum absolute atomic E-state index is 0.450. The molecule has 7 nitrogen and oxygen atoms in total. The van der Waals surface area contributed by atoms with E-state index < -0.39 is 0 Å². The molecule has 0 radical (unpaired) electrons. The fraction of sp³-hybridized carbons (Fsp3) is 0.231. The molecule has 1 aromatic heterocycles. The maximum atomic E-state index is 9.02. The molecule has 2 aromatic rings. The molecule has 1 aliphatic carbocycles. The lowest BCUT2D eigenvalue weighted by atomic mass is 9.97. The number of fused-ring (bicyclic) bond motifs is 1. The van der Waals surface area contributed by atoms with Crippen molar-refractivity contribution >= 4 is 11.4 Å². The van der Waals surface area contributed by atoms with Crippen molar-refractivity contribution in [2.75, 3.05) is 0 Å². The molecule has 1 aromatic carbocycles. The van der Waals surface area contributed by atoms with Gasteiger partial charge in [0.25, 0.3) is 0 Å². The Morgan fingerprint density at radius 1 is 0.950 bits per heavy atom. The Morgan fingerprint density at radius 3 is 1.90 bits per heavy atom. The second-order valence-corrected chi connectivity index (χ2v) is 4.62. The number of nitrogens with zero attached hydrogens (tertiary/aromatic N) is 5. The summed E-state index contributed by atoms with van der Waals surface area (Å²) in [7, 11) is 0. The Balaban J connectivity index is 2.12. The molecular formula is C13H13N5O2. The Hall–Kier alpha value is -2.70. The van der Waals surface area contributed by atoms with Crippen LogP contribution in [0.15, 0.2) is 34.6 Å². The van der Waals surface area contributed by atoms with Crippen molar-refractivity contribution in [2.45, 2.75) is 19.8 Å². The van der Waals surface area contributed by atoms with Gasteiger partial charge in [0, 0.05) is 12.8 Å². The number of oxime groups is 2. The Morgan fingerprint density at radius 2 is 1.45 bits per heavy atom. The van der Waals surface area contributed by atoms with Gasteiger partial charge in [-0.2, -0.15) is 4.80 Å². The number of benzene rings is 1. The maximum Gasteiger partial charge on any atom is 0.140 e. The van der Waals surface area contributed by atoms with Gasteiger partial charge in [0.05, 0.1) is 5.69 Å². The molecule has 0 unspecified atom stereocenters. The second kappa shape index (κ2) is 4.76. The van der Waals surface area contributed by atoms with Gasteiger partial charge in [0.2, 0.25) is 0 Å². The predicted molar refractivity (Wildman–Crippen MR) is 72.0 cm³/mol. The first-order chi connectivity index (χ1) is 9.72. The van der Waals surface area contributed by atoms with E-state index in [-0.39, 0.29) is 0 Å². The predicted octanol–water partition coefficient (Wildman–Crippen LogP) is 1.73. The Kier molecular flexibility index (Phi) is 2.94. The van der Waals surface area contributed by atoms with Crippen LogP contribution in [0.3, 0.4) is 0 Å². The molecule has 3 rings (SSSR count). The highest BCUT2D eigenvalue weighted by Crippen LogP contribution is 2.20. The van der Waals surface area contributed by atoms with Crippen molar-refractivity contribution in [1.29, 1.82) is 0 Å². The van der Waals surface area contributed by atoms with Crippen LogP contribution in [0.2, 0.25) is 0 Å². The van der Waals surface area contributed by atoms with E-state index >= 15 is 0 Å². The molecule has 7 heteroatoms. The van der Waals surface area contributed by atoms with Crippen molar-refractivity contribution in [3.05, 3.63) is 41.2 Å². The van der Waals surface area contributed by atoms with E-state index in [1.807, 2.05) is 31.2 Å². The highest BCUT2D eigenvalue weighted by Gasteiger charge is 2.27.